The number of aromatic nitrogens is 5. The number of benzene rings is 3. The minimum absolute atomic E-state index is 0.0197. The van der Waals surface area contributed by atoms with Crippen molar-refractivity contribution in [3.05, 3.63) is 117 Å². The van der Waals surface area contributed by atoms with E-state index in [0.29, 0.717) is 132 Å². The molecule has 22 heteroatoms. The van der Waals surface area contributed by atoms with Crippen LogP contribution in [-0.2, 0) is 52.7 Å². The summed E-state index contributed by atoms with van der Waals surface area (Å²) >= 11 is 0. The molecule has 0 bridgehead atoms. The van der Waals surface area contributed by atoms with Crippen LogP contribution >= 0.6 is 0 Å². The van der Waals surface area contributed by atoms with E-state index in [1.54, 1.807) is 56.9 Å². The SMILES string of the molecule is O=C1CCC(N2C(=O)c3cccc(NCCOCCOCCOCCOCCn4cc(CCCC(=O)N5CCN(C(=O)c6cc(Cc7n[nH]c(=O)c8ccccc78)ccc6F)CC5)nn4)c3C2=O)C(=O)N1. The van der Waals surface area contributed by atoms with Gasteiger partial charge in [0.15, 0.2) is 0 Å². The van der Waals surface area contributed by atoms with Gasteiger partial charge in [-0.1, -0.05) is 35.5 Å². The first-order valence-corrected chi connectivity index (χ1v) is 23.7. The van der Waals surface area contributed by atoms with Gasteiger partial charge < -0.3 is 34.1 Å². The number of H-pyrrole nitrogens is 1. The van der Waals surface area contributed by atoms with E-state index in [0.717, 1.165) is 10.6 Å². The molecule has 6 amide bonds. The number of fused-ring (bicyclic) bond motifs is 2. The second kappa shape index (κ2) is 24.0. The van der Waals surface area contributed by atoms with Crippen molar-refractivity contribution >= 4 is 51.9 Å². The number of ether oxygens (including phenoxy) is 4. The Morgan fingerprint density at radius 3 is 2.24 bits per heavy atom. The number of halogens is 1. The van der Waals surface area contributed by atoms with Gasteiger partial charge in [0.25, 0.3) is 23.3 Å². The molecule has 374 valence electrons. The molecule has 0 saturated carbocycles. The maximum absolute atomic E-state index is 15.0. The van der Waals surface area contributed by atoms with E-state index < -0.39 is 41.4 Å². The largest absolute Gasteiger partial charge is 0.382 e. The van der Waals surface area contributed by atoms with E-state index in [4.69, 9.17) is 18.9 Å². The van der Waals surface area contributed by atoms with Crippen LogP contribution in [0.15, 0.2) is 71.7 Å². The van der Waals surface area contributed by atoms with Gasteiger partial charge in [-0.05, 0) is 55.2 Å². The van der Waals surface area contributed by atoms with Crippen LogP contribution in [-0.4, -0.2) is 167 Å². The molecule has 3 aliphatic heterocycles. The predicted octanol–water partition coefficient (Wildman–Crippen LogP) is 2.13. The predicted molar refractivity (Wildman–Crippen MR) is 252 cm³/mol. The van der Waals surface area contributed by atoms with Gasteiger partial charge in [0.2, 0.25) is 17.7 Å². The average molecular weight is 979 g/mol. The van der Waals surface area contributed by atoms with Crippen LogP contribution in [0.5, 0.6) is 0 Å². The fourth-order valence-electron chi connectivity index (χ4n) is 8.66. The number of aryl methyl sites for hydroxylation is 1. The minimum Gasteiger partial charge on any atom is -0.382 e. The summed E-state index contributed by atoms with van der Waals surface area (Å²) in [5.41, 5.74) is 2.56. The van der Waals surface area contributed by atoms with Crippen molar-refractivity contribution in [2.75, 3.05) is 90.9 Å². The van der Waals surface area contributed by atoms with Crippen molar-refractivity contribution in [1.29, 1.82) is 0 Å². The van der Waals surface area contributed by atoms with Crippen molar-refractivity contribution in [2.24, 2.45) is 0 Å². The van der Waals surface area contributed by atoms with Crippen molar-refractivity contribution < 1.29 is 52.1 Å². The number of nitrogens with one attached hydrogen (secondary N) is 3. The first kappa shape index (κ1) is 50.1. The zero-order valence-electron chi connectivity index (χ0n) is 39.1. The highest BCUT2D eigenvalue weighted by molar-refractivity contribution is 6.25. The molecule has 3 aliphatic rings. The zero-order valence-corrected chi connectivity index (χ0v) is 39.1. The van der Waals surface area contributed by atoms with E-state index in [2.05, 4.69) is 31.1 Å². The fourth-order valence-corrected chi connectivity index (χ4v) is 8.66. The Labute approximate surface area is 406 Å². The van der Waals surface area contributed by atoms with E-state index in [9.17, 15) is 38.0 Å². The van der Waals surface area contributed by atoms with Crippen LogP contribution in [0.1, 0.15) is 73.7 Å². The van der Waals surface area contributed by atoms with Crippen molar-refractivity contribution in [3.63, 3.8) is 0 Å². The van der Waals surface area contributed by atoms with Crippen molar-refractivity contribution in [1.82, 2.24) is 45.2 Å². The lowest BCUT2D eigenvalue weighted by atomic mass is 10.0. The van der Waals surface area contributed by atoms with E-state index in [1.807, 2.05) is 12.3 Å². The summed E-state index contributed by atoms with van der Waals surface area (Å²) < 4.78 is 39.1. The average Bonchev–Trinajstić information content (AvgIpc) is 3.94. The number of rotatable bonds is 24. The van der Waals surface area contributed by atoms with E-state index >= 15 is 0 Å². The summed E-state index contributed by atoms with van der Waals surface area (Å²) in [5, 5.41) is 21.6. The van der Waals surface area contributed by atoms with Gasteiger partial charge in [-0.15, -0.1) is 5.10 Å². The molecule has 0 spiro atoms. The van der Waals surface area contributed by atoms with E-state index in [1.165, 1.54) is 12.1 Å². The summed E-state index contributed by atoms with van der Waals surface area (Å²) in [6.45, 7) is 5.07. The molecule has 8 rings (SSSR count). The third-order valence-electron chi connectivity index (χ3n) is 12.3. The molecule has 5 heterocycles. The second-order valence-electron chi connectivity index (χ2n) is 17.1. The van der Waals surface area contributed by atoms with Crippen LogP contribution in [0.3, 0.4) is 0 Å². The van der Waals surface area contributed by atoms with Gasteiger partial charge in [-0.3, -0.25) is 43.8 Å². The quantitative estimate of drug-likeness (QED) is 0.0592. The Morgan fingerprint density at radius 2 is 1.49 bits per heavy atom. The molecule has 3 aromatic carbocycles. The monoisotopic (exact) mass is 978 g/mol. The second-order valence-corrected chi connectivity index (χ2v) is 17.1. The number of piperidine rings is 1. The van der Waals surface area contributed by atoms with Gasteiger partial charge in [0.05, 0.1) is 92.9 Å². The summed E-state index contributed by atoms with van der Waals surface area (Å²) in [6, 6.07) is 15.4. The minimum atomic E-state index is -1.03. The molecule has 2 fully saturated rings. The molecule has 71 heavy (non-hydrogen) atoms. The number of hydrogen-bond donors (Lipinski definition) is 3. The van der Waals surface area contributed by atoms with Crippen molar-refractivity contribution in [2.45, 2.75) is 51.1 Å². The maximum atomic E-state index is 15.0. The van der Waals surface area contributed by atoms with Crippen molar-refractivity contribution in [3.8, 4) is 0 Å². The molecule has 3 N–H and O–H groups in total. The third-order valence-corrected chi connectivity index (χ3v) is 12.3. The van der Waals surface area contributed by atoms with Crippen LogP contribution < -0.4 is 16.2 Å². The lowest BCUT2D eigenvalue weighted by Crippen LogP contribution is -2.54. The molecule has 1 atom stereocenters. The van der Waals surface area contributed by atoms with Gasteiger partial charge in [-0.2, -0.15) is 5.10 Å². The molecule has 21 nitrogen and oxygen atoms in total. The Bertz CT molecular complexity index is 2810. The summed E-state index contributed by atoms with van der Waals surface area (Å²) in [4.78, 5) is 93.1. The number of imide groups is 2. The lowest BCUT2D eigenvalue weighted by molar-refractivity contribution is -0.136. The maximum Gasteiger partial charge on any atom is 0.272 e. The zero-order chi connectivity index (χ0) is 49.7. The molecular formula is C49H55FN10O11. The molecule has 0 aliphatic carbocycles. The van der Waals surface area contributed by atoms with Crippen LogP contribution in [0.4, 0.5) is 10.1 Å². The lowest BCUT2D eigenvalue weighted by Gasteiger charge is -2.35. The number of hydrogen-bond acceptors (Lipinski definition) is 15. The molecule has 0 radical (unpaired) electrons. The van der Waals surface area contributed by atoms with Crippen LogP contribution in [0.25, 0.3) is 10.8 Å². The molecule has 2 aromatic heterocycles. The number of carbonyl (C=O) groups is 6. The molecular weight excluding hydrogens is 924 g/mol. The normalized spacial score (nSPS) is 16.0. The molecule has 5 aromatic rings. The Kier molecular flexibility index (Phi) is 17.0. The van der Waals surface area contributed by atoms with Crippen LogP contribution in [0, 0.1) is 5.82 Å². The smallest absolute Gasteiger partial charge is 0.272 e. The van der Waals surface area contributed by atoms with Gasteiger partial charge in [0.1, 0.15) is 11.9 Å². The van der Waals surface area contributed by atoms with Gasteiger partial charge in [-0.25, -0.2) is 14.2 Å². The topological polar surface area (TPSA) is 250 Å². The fraction of sp³-hybridized carbons (Fsp3) is 0.429. The Morgan fingerprint density at radius 1 is 0.789 bits per heavy atom. The summed E-state index contributed by atoms with van der Waals surface area (Å²) in [5.74, 6) is -3.32. The van der Waals surface area contributed by atoms with Gasteiger partial charge in [0, 0.05) is 69.3 Å². The number of piperazine rings is 1. The number of anilines is 1. The van der Waals surface area contributed by atoms with Gasteiger partial charge >= 0.3 is 0 Å². The van der Waals surface area contributed by atoms with Crippen LogP contribution in [0.2, 0.25) is 0 Å². The highest BCUT2D eigenvalue weighted by atomic mass is 19.1. The first-order chi connectivity index (χ1) is 34.5. The summed E-state index contributed by atoms with van der Waals surface area (Å²) in [7, 11) is 0. The standard InChI is InChI=1S/C49H55FN10O11/c50-38-12-11-32(30-40-34-6-1-2-7-35(34)45(63)55-54-40)29-37(38)47(65)58-18-16-57(17-19-58)43(62)10-3-5-33-31-59(56-53-33)20-22-69-24-26-71-28-27-70-25-23-68-21-15-51-39-9-4-8-36-44(39)49(67)60(48(36)66)41-13-14-42(61)52-46(41)64/h1-2,4,6-9,11-12,29,31,41,51H,3,5,10,13-28,30H2,(H,55,63)(H,52,61,64). The van der Waals surface area contributed by atoms with E-state index in [-0.39, 0.29) is 54.1 Å². The Balaban J connectivity index is 0.627. The first-order valence-electron chi connectivity index (χ1n) is 23.7. The highest BCUT2D eigenvalue weighted by Crippen LogP contribution is 2.32. The highest BCUT2D eigenvalue weighted by Gasteiger charge is 2.45. The Hall–Kier alpha value is -7.27. The number of carbonyl (C=O) groups excluding carboxylic acids is 6. The third kappa shape index (κ3) is 12.6. The number of amides is 6. The molecule has 1 unspecified atom stereocenters. The molecule has 2 saturated heterocycles. The number of aromatic amines is 1. The summed E-state index contributed by atoms with van der Waals surface area (Å²) in [6.07, 6.45) is 3.73. The number of nitrogens with zero attached hydrogens (tertiary/aromatic N) is 7.